The molecule has 0 saturated carbocycles. The minimum absolute atomic E-state index is 0.131. The fraction of sp³-hybridized carbons (Fsp3) is 0.286. The van der Waals surface area contributed by atoms with Crippen molar-refractivity contribution in [1.29, 1.82) is 0 Å². The van der Waals surface area contributed by atoms with Gasteiger partial charge in [-0.2, -0.15) is 0 Å². The molecule has 0 aliphatic carbocycles. The third-order valence-corrected chi connectivity index (χ3v) is 5.01. The zero-order chi connectivity index (χ0) is 18.6. The summed E-state index contributed by atoms with van der Waals surface area (Å²) >= 11 is 0. The Kier molecular flexibility index (Phi) is 5.07. The molecule has 138 valence electrons. The first-order valence-electron chi connectivity index (χ1n) is 9.23. The molecule has 1 aliphatic heterocycles. The lowest BCUT2D eigenvalue weighted by molar-refractivity contribution is 0.136. The molecule has 0 spiro atoms. The Morgan fingerprint density at radius 3 is 2.70 bits per heavy atom. The first-order valence-corrected chi connectivity index (χ1v) is 9.23. The highest BCUT2D eigenvalue weighted by Gasteiger charge is 2.28. The molecule has 3 heterocycles. The van der Waals surface area contributed by atoms with Crippen molar-refractivity contribution in [2.75, 3.05) is 12.3 Å². The van der Waals surface area contributed by atoms with Gasteiger partial charge in [-0.25, -0.2) is 14.4 Å². The normalized spacial score (nSPS) is 17.7. The van der Waals surface area contributed by atoms with Gasteiger partial charge in [0.05, 0.1) is 17.4 Å². The Morgan fingerprint density at radius 2 is 1.93 bits per heavy atom. The summed E-state index contributed by atoms with van der Waals surface area (Å²) < 4.78 is 13.4. The average molecular weight is 363 g/mol. The number of nitrogens with zero attached hydrogens (tertiary/aromatic N) is 4. The number of halogens is 1. The van der Waals surface area contributed by atoms with E-state index in [2.05, 4.69) is 19.9 Å². The molecule has 1 aliphatic rings. The van der Waals surface area contributed by atoms with E-state index in [0.717, 1.165) is 54.9 Å². The maximum absolute atomic E-state index is 13.4. The molecular weight excluding hydrogens is 341 g/mol. The molecular formula is C21H22FN5. The number of piperidine rings is 1. The number of hydrogen-bond acceptors (Lipinski definition) is 5. The molecule has 6 heteroatoms. The second-order valence-corrected chi connectivity index (χ2v) is 6.84. The third-order valence-electron chi connectivity index (χ3n) is 5.01. The van der Waals surface area contributed by atoms with Crippen molar-refractivity contribution in [3.05, 3.63) is 72.1 Å². The van der Waals surface area contributed by atoms with Gasteiger partial charge in [0, 0.05) is 24.5 Å². The van der Waals surface area contributed by atoms with Gasteiger partial charge < -0.3 is 5.73 Å². The highest BCUT2D eigenvalue weighted by Crippen LogP contribution is 2.36. The van der Waals surface area contributed by atoms with E-state index in [4.69, 9.17) is 5.73 Å². The molecule has 2 N–H and O–H groups in total. The maximum Gasteiger partial charge on any atom is 0.220 e. The van der Waals surface area contributed by atoms with Crippen molar-refractivity contribution in [1.82, 2.24) is 19.9 Å². The van der Waals surface area contributed by atoms with Crippen LogP contribution in [-0.2, 0) is 6.54 Å². The van der Waals surface area contributed by atoms with E-state index in [1.165, 1.54) is 12.1 Å². The van der Waals surface area contributed by atoms with Crippen LogP contribution in [0.2, 0.25) is 0 Å². The number of hydrogen-bond donors (Lipinski definition) is 1. The number of nitrogens with two attached hydrogens (primary N) is 1. The summed E-state index contributed by atoms with van der Waals surface area (Å²) in [5, 5.41) is 0. The van der Waals surface area contributed by atoms with E-state index in [1.54, 1.807) is 18.3 Å². The summed E-state index contributed by atoms with van der Waals surface area (Å²) in [6.45, 7) is 1.74. The van der Waals surface area contributed by atoms with Crippen LogP contribution in [0.5, 0.6) is 0 Å². The van der Waals surface area contributed by atoms with E-state index in [-0.39, 0.29) is 17.8 Å². The lowest BCUT2D eigenvalue weighted by Crippen LogP contribution is -2.34. The van der Waals surface area contributed by atoms with Crippen molar-refractivity contribution in [2.24, 2.45) is 0 Å². The van der Waals surface area contributed by atoms with E-state index in [9.17, 15) is 4.39 Å². The van der Waals surface area contributed by atoms with Crippen LogP contribution in [-0.4, -0.2) is 26.4 Å². The van der Waals surface area contributed by atoms with E-state index in [0.29, 0.717) is 0 Å². The molecule has 1 atom stereocenters. The lowest BCUT2D eigenvalue weighted by atomic mass is 9.93. The minimum Gasteiger partial charge on any atom is -0.368 e. The molecule has 5 nitrogen and oxygen atoms in total. The van der Waals surface area contributed by atoms with Gasteiger partial charge in [0.2, 0.25) is 5.95 Å². The largest absolute Gasteiger partial charge is 0.368 e. The van der Waals surface area contributed by atoms with Crippen LogP contribution in [0, 0.1) is 5.82 Å². The Morgan fingerprint density at radius 1 is 1.07 bits per heavy atom. The second-order valence-electron chi connectivity index (χ2n) is 6.84. The Bertz CT molecular complexity index is 898. The molecule has 1 aromatic carbocycles. The zero-order valence-corrected chi connectivity index (χ0v) is 15.1. The molecule has 4 rings (SSSR count). The van der Waals surface area contributed by atoms with Gasteiger partial charge in [-0.15, -0.1) is 0 Å². The monoisotopic (exact) mass is 363 g/mol. The fourth-order valence-electron chi connectivity index (χ4n) is 3.70. The van der Waals surface area contributed by atoms with Crippen LogP contribution in [0.15, 0.2) is 54.9 Å². The highest BCUT2D eigenvalue weighted by atomic mass is 19.1. The number of pyridine rings is 1. The van der Waals surface area contributed by atoms with Crippen LogP contribution >= 0.6 is 0 Å². The molecule has 0 bridgehead atoms. The quantitative estimate of drug-likeness (QED) is 0.759. The zero-order valence-electron chi connectivity index (χ0n) is 15.1. The van der Waals surface area contributed by atoms with Crippen molar-refractivity contribution >= 4 is 5.95 Å². The highest BCUT2D eigenvalue weighted by molar-refractivity contribution is 5.66. The molecule has 0 radical (unpaired) electrons. The standard InChI is InChI=1S/C21H22FN5/c22-16-9-7-15(8-10-16)18-13-25-21(23)26-20(18)19-6-2-4-12-27(19)14-17-5-1-3-11-24-17/h1,3,5,7-11,13,19H,2,4,6,12,14H2,(H2,23,25,26). The number of likely N-dealkylation sites (tertiary alicyclic amines) is 1. The van der Waals surface area contributed by atoms with Crippen molar-refractivity contribution in [2.45, 2.75) is 31.8 Å². The summed E-state index contributed by atoms with van der Waals surface area (Å²) in [5.74, 6) is 0.00493. The van der Waals surface area contributed by atoms with Crippen LogP contribution in [0.1, 0.15) is 36.7 Å². The number of benzene rings is 1. The summed E-state index contributed by atoms with van der Waals surface area (Å²) in [5.41, 5.74) is 9.67. The second kappa shape index (κ2) is 7.80. The van der Waals surface area contributed by atoms with Crippen LogP contribution in [0.4, 0.5) is 10.3 Å². The van der Waals surface area contributed by atoms with Crippen molar-refractivity contribution < 1.29 is 4.39 Å². The molecule has 3 aromatic rings. The first-order chi connectivity index (χ1) is 13.2. The Labute approximate surface area is 158 Å². The van der Waals surface area contributed by atoms with Gasteiger partial charge in [0.15, 0.2) is 0 Å². The fourth-order valence-corrected chi connectivity index (χ4v) is 3.70. The van der Waals surface area contributed by atoms with Gasteiger partial charge in [0.1, 0.15) is 5.82 Å². The molecule has 1 unspecified atom stereocenters. The summed E-state index contributed by atoms with van der Waals surface area (Å²) in [6.07, 6.45) is 6.85. The third kappa shape index (κ3) is 3.95. The molecule has 0 amide bonds. The summed E-state index contributed by atoms with van der Waals surface area (Å²) in [6, 6.07) is 12.6. The minimum atomic E-state index is -0.258. The van der Waals surface area contributed by atoms with Crippen LogP contribution in [0.3, 0.4) is 0 Å². The number of aromatic nitrogens is 3. The number of rotatable bonds is 4. The number of anilines is 1. The predicted octanol–water partition coefficient (Wildman–Crippen LogP) is 3.99. The van der Waals surface area contributed by atoms with Gasteiger partial charge in [0.25, 0.3) is 0 Å². The number of nitrogen functional groups attached to an aromatic ring is 1. The van der Waals surface area contributed by atoms with Gasteiger partial charge in [-0.1, -0.05) is 24.6 Å². The molecule has 27 heavy (non-hydrogen) atoms. The van der Waals surface area contributed by atoms with E-state index < -0.39 is 0 Å². The Hall–Kier alpha value is -2.86. The predicted molar refractivity (Wildman–Crippen MR) is 103 cm³/mol. The van der Waals surface area contributed by atoms with E-state index >= 15 is 0 Å². The SMILES string of the molecule is Nc1ncc(-c2ccc(F)cc2)c(C2CCCCN2Cc2ccccn2)n1. The Balaban J connectivity index is 1.71. The maximum atomic E-state index is 13.4. The molecule has 2 aromatic heterocycles. The van der Waals surface area contributed by atoms with E-state index in [1.807, 2.05) is 24.4 Å². The molecule has 1 saturated heterocycles. The van der Waals surface area contributed by atoms with Gasteiger partial charge in [-0.3, -0.25) is 9.88 Å². The topological polar surface area (TPSA) is 67.9 Å². The summed E-state index contributed by atoms with van der Waals surface area (Å²) in [7, 11) is 0. The molecule has 1 fully saturated rings. The van der Waals surface area contributed by atoms with Crippen molar-refractivity contribution in [3.8, 4) is 11.1 Å². The van der Waals surface area contributed by atoms with Crippen molar-refractivity contribution in [3.63, 3.8) is 0 Å². The first kappa shape index (κ1) is 17.5. The average Bonchev–Trinajstić information content (AvgIpc) is 2.70. The van der Waals surface area contributed by atoms with Gasteiger partial charge in [-0.05, 0) is 49.2 Å². The van der Waals surface area contributed by atoms with Gasteiger partial charge >= 0.3 is 0 Å². The van der Waals surface area contributed by atoms with Crippen LogP contribution < -0.4 is 5.73 Å². The lowest BCUT2D eigenvalue weighted by Gasteiger charge is -2.36. The summed E-state index contributed by atoms with van der Waals surface area (Å²) in [4.78, 5) is 15.7. The van der Waals surface area contributed by atoms with Crippen LogP contribution in [0.25, 0.3) is 11.1 Å². The smallest absolute Gasteiger partial charge is 0.220 e.